The Morgan fingerprint density at radius 3 is 1.40 bits per heavy atom. The van der Waals surface area contributed by atoms with Gasteiger partial charge in [0, 0.05) is 12.8 Å². The first-order valence-electron chi connectivity index (χ1n) is 23.6. The standard InChI is InChI=1S/C48H83O13P/c1-3-5-7-9-11-13-15-17-19-20-21-22-23-25-26-28-30-32-34-36-41(49)58-38-40(39-59-62(56,57)61-48-46(54)44(52)43(51)45(53)47(48)55)60-42(50)37-35-33-31-29-27-24-18-16-14-12-10-8-6-4-2/h5,7,11,13,17,19,21-22,25-26,40,43-48,51-55H,3-4,6,8-10,12,14-16,18,20,23-24,27-39H2,1-2H3,(H,56,57)/b7-5+,13-11+,19-17+,22-21+,26-25+/t40-,43?,44-,45?,46?,47?,48?/m0/s1. The van der Waals surface area contributed by atoms with Crippen LogP contribution in [0, 0.1) is 0 Å². The zero-order valence-electron chi connectivity index (χ0n) is 37.9. The number of phosphoric acid groups is 1. The van der Waals surface area contributed by atoms with E-state index in [1.807, 2.05) is 0 Å². The normalized spacial score (nSPS) is 22.4. The first-order valence-corrected chi connectivity index (χ1v) is 25.1. The van der Waals surface area contributed by atoms with Gasteiger partial charge < -0.3 is 39.9 Å². The fourth-order valence-corrected chi connectivity index (χ4v) is 7.82. The van der Waals surface area contributed by atoms with Crippen molar-refractivity contribution in [1.29, 1.82) is 0 Å². The predicted molar refractivity (Wildman–Crippen MR) is 244 cm³/mol. The van der Waals surface area contributed by atoms with Crippen molar-refractivity contribution in [3.63, 3.8) is 0 Å². The lowest BCUT2D eigenvalue weighted by Gasteiger charge is -2.41. The summed E-state index contributed by atoms with van der Waals surface area (Å²) in [7, 11) is -5.13. The summed E-state index contributed by atoms with van der Waals surface area (Å²) in [6.07, 6.45) is 32.7. The molecule has 0 spiro atoms. The minimum absolute atomic E-state index is 0.0895. The minimum atomic E-state index is -5.13. The summed E-state index contributed by atoms with van der Waals surface area (Å²) in [4.78, 5) is 35.7. The van der Waals surface area contributed by atoms with Crippen molar-refractivity contribution in [2.24, 2.45) is 0 Å². The van der Waals surface area contributed by atoms with Crippen molar-refractivity contribution in [2.75, 3.05) is 13.2 Å². The van der Waals surface area contributed by atoms with Gasteiger partial charge in [-0.1, -0.05) is 164 Å². The van der Waals surface area contributed by atoms with E-state index in [0.29, 0.717) is 12.8 Å². The number of esters is 2. The molecule has 6 unspecified atom stereocenters. The van der Waals surface area contributed by atoms with Gasteiger partial charge in [0.05, 0.1) is 6.61 Å². The third-order valence-electron chi connectivity index (χ3n) is 10.6. The molecule has 0 aromatic rings. The van der Waals surface area contributed by atoms with E-state index in [9.17, 15) is 44.6 Å². The summed E-state index contributed by atoms with van der Waals surface area (Å²) in [6, 6.07) is 0. The Morgan fingerprint density at radius 2 is 0.919 bits per heavy atom. The number of hydrogen-bond donors (Lipinski definition) is 6. The van der Waals surface area contributed by atoms with E-state index < -0.39 is 75.7 Å². The van der Waals surface area contributed by atoms with Crippen LogP contribution in [0.5, 0.6) is 0 Å². The Morgan fingerprint density at radius 1 is 0.516 bits per heavy atom. The highest BCUT2D eigenvalue weighted by molar-refractivity contribution is 7.47. The van der Waals surface area contributed by atoms with Crippen LogP contribution < -0.4 is 0 Å². The lowest BCUT2D eigenvalue weighted by Crippen LogP contribution is -2.64. The van der Waals surface area contributed by atoms with Crippen LogP contribution in [-0.4, -0.2) is 98.3 Å². The van der Waals surface area contributed by atoms with Crippen molar-refractivity contribution >= 4 is 19.8 Å². The average molecular weight is 899 g/mol. The van der Waals surface area contributed by atoms with E-state index in [1.54, 1.807) is 0 Å². The number of carbonyl (C=O) groups excluding carboxylic acids is 2. The Bertz CT molecular complexity index is 1320. The van der Waals surface area contributed by atoms with Crippen molar-refractivity contribution in [3.8, 4) is 0 Å². The quantitative estimate of drug-likeness (QED) is 0.0148. The van der Waals surface area contributed by atoms with Gasteiger partial charge in [-0.15, -0.1) is 0 Å². The molecule has 1 aliphatic rings. The molecule has 1 fully saturated rings. The molecule has 0 radical (unpaired) electrons. The van der Waals surface area contributed by atoms with E-state index in [4.69, 9.17) is 18.5 Å². The molecule has 13 nitrogen and oxygen atoms in total. The van der Waals surface area contributed by atoms with Gasteiger partial charge in [-0.3, -0.25) is 18.6 Å². The van der Waals surface area contributed by atoms with Gasteiger partial charge >= 0.3 is 19.8 Å². The Kier molecular flexibility index (Phi) is 35.2. The first-order chi connectivity index (χ1) is 29.9. The lowest BCUT2D eigenvalue weighted by atomic mass is 9.85. The number of carbonyl (C=O) groups is 2. The number of rotatable bonds is 38. The molecule has 8 atom stereocenters. The van der Waals surface area contributed by atoms with Gasteiger partial charge in [-0.25, -0.2) is 4.57 Å². The van der Waals surface area contributed by atoms with E-state index >= 15 is 0 Å². The highest BCUT2D eigenvalue weighted by Gasteiger charge is 2.51. The Balaban J connectivity index is 2.47. The molecule has 0 aromatic heterocycles. The smallest absolute Gasteiger partial charge is 0.462 e. The van der Waals surface area contributed by atoms with Crippen LogP contribution in [0.15, 0.2) is 60.8 Å². The topological polar surface area (TPSA) is 210 Å². The van der Waals surface area contributed by atoms with Crippen LogP contribution >= 0.6 is 7.82 Å². The summed E-state index contributed by atoms with van der Waals surface area (Å²) < 4.78 is 33.5. The average Bonchev–Trinajstić information content (AvgIpc) is 3.25. The molecule has 14 heteroatoms. The van der Waals surface area contributed by atoms with Crippen LogP contribution in [0.4, 0.5) is 0 Å². The van der Waals surface area contributed by atoms with Gasteiger partial charge in [0.25, 0.3) is 0 Å². The molecular formula is C48H83O13P. The lowest BCUT2D eigenvalue weighted by molar-refractivity contribution is -0.220. The molecule has 62 heavy (non-hydrogen) atoms. The van der Waals surface area contributed by atoms with E-state index in [2.05, 4.69) is 74.6 Å². The fraction of sp³-hybridized carbons (Fsp3) is 0.750. The van der Waals surface area contributed by atoms with Gasteiger partial charge in [-0.05, 0) is 57.8 Å². The number of unbranched alkanes of at least 4 members (excludes halogenated alkanes) is 16. The SMILES string of the molecule is CC/C=C/C/C=C/C/C=C/C/C=C/C/C=C/CCCCCC(=O)OC[C@@H](COP(=O)(O)OC1C(O)C(O)C(O)[C@H](O)C1O)OC(=O)CCCCCCCCCCCCCCCC. The van der Waals surface area contributed by atoms with Crippen molar-refractivity contribution < 1.29 is 63.1 Å². The van der Waals surface area contributed by atoms with E-state index in [1.165, 1.54) is 57.8 Å². The molecule has 0 bridgehead atoms. The van der Waals surface area contributed by atoms with E-state index in [0.717, 1.165) is 77.0 Å². The number of phosphoric ester groups is 1. The van der Waals surface area contributed by atoms with Crippen molar-refractivity contribution in [2.45, 2.75) is 217 Å². The summed E-state index contributed by atoms with van der Waals surface area (Å²) >= 11 is 0. The third-order valence-corrected chi connectivity index (χ3v) is 11.6. The Hall–Kier alpha value is -2.45. The molecule has 6 N–H and O–H groups in total. The van der Waals surface area contributed by atoms with Gasteiger partial charge in [0.2, 0.25) is 0 Å². The highest BCUT2D eigenvalue weighted by atomic mass is 31.2. The number of ether oxygens (including phenoxy) is 2. The highest BCUT2D eigenvalue weighted by Crippen LogP contribution is 2.47. The van der Waals surface area contributed by atoms with E-state index in [-0.39, 0.29) is 12.8 Å². The molecule has 0 aliphatic heterocycles. The largest absolute Gasteiger partial charge is 0.472 e. The second-order valence-corrected chi connectivity index (χ2v) is 17.6. The molecule has 1 saturated carbocycles. The number of hydrogen-bond acceptors (Lipinski definition) is 12. The van der Waals surface area contributed by atoms with Crippen LogP contribution in [-0.2, 0) is 32.7 Å². The second-order valence-electron chi connectivity index (χ2n) is 16.2. The van der Waals surface area contributed by atoms with Crippen molar-refractivity contribution in [1.82, 2.24) is 0 Å². The third kappa shape index (κ3) is 29.8. The summed E-state index contributed by atoms with van der Waals surface area (Å²) in [5, 5.41) is 50.2. The molecule has 0 aromatic carbocycles. The molecule has 1 rings (SSSR count). The number of aliphatic hydroxyl groups is 5. The predicted octanol–water partition coefficient (Wildman–Crippen LogP) is 9.34. The van der Waals surface area contributed by atoms with Gasteiger partial charge in [-0.2, -0.15) is 0 Å². The molecular weight excluding hydrogens is 815 g/mol. The summed E-state index contributed by atoms with van der Waals surface area (Å²) in [6.45, 7) is 3.16. The second kappa shape index (κ2) is 37.9. The Labute approximate surface area is 373 Å². The summed E-state index contributed by atoms with van der Waals surface area (Å²) in [5.74, 6) is -1.14. The van der Waals surface area contributed by atoms with Crippen molar-refractivity contribution in [3.05, 3.63) is 60.8 Å². The zero-order chi connectivity index (χ0) is 45.7. The van der Waals surface area contributed by atoms with Crippen LogP contribution in [0.2, 0.25) is 0 Å². The number of allylic oxidation sites excluding steroid dienone is 10. The molecule has 0 saturated heterocycles. The molecule has 0 heterocycles. The first kappa shape index (κ1) is 57.6. The van der Waals surface area contributed by atoms with Gasteiger partial charge in [0.1, 0.15) is 43.2 Å². The van der Waals surface area contributed by atoms with Crippen LogP contribution in [0.25, 0.3) is 0 Å². The monoisotopic (exact) mass is 899 g/mol. The van der Waals surface area contributed by atoms with Crippen LogP contribution in [0.3, 0.4) is 0 Å². The molecule has 1 aliphatic carbocycles. The van der Waals surface area contributed by atoms with Gasteiger partial charge in [0.15, 0.2) is 6.10 Å². The summed E-state index contributed by atoms with van der Waals surface area (Å²) in [5.41, 5.74) is 0. The maximum Gasteiger partial charge on any atom is 0.472 e. The maximum absolute atomic E-state index is 12.8. The fourth-order valence-electron chi connectivity index (χ4n) is 6.84. The van der Waals surface area contributed by atoms with Crippen LogP contribution in [0.1, 0.15) is 174 Å². The number of aliphatic hydroxyl groups excluding tert-OH is 5. The molecule has 358 valence electrons. The minimum Gasteiger partial charge on any atom is -0.462 e. The maximum atomic E-state index is 12.8. The zero-order valence-corrected chi connectivity index (χ0v) is 38.8. The molecule has 0 amide bonds.